The number of hydrogen-bond donors (Lipinski definition) is 1. The van der Waals surface area contributed by atoms with Gasteiger partial charge in [0.25, 0.3) is 0 Å². The molecule has 1 heterocycles. The van der Waals surface area contributed by atoms with Gasteiger partial charge in [0, 0.05) is 25.6 Å². The third-order valence-corrected chi connectivity index (χ3v) is 4.43. The van der Waals surface area contributed by atoms with Gasteiger partial charge in [-0.1, -0.05) is 13.0 Å². The molecule has 1 fully saturated rings. The molecule has 4 heteroatoms. The highest BCUT2D eigenvalue weighted by Gasteiger charge is 2.24. The van der Waals surface area contributed by atoms with E-state index in [2.05, 4.69) is 30.1 Å². The summed E-state index contributed by atoms with van der Waals surface area (Å²) in [5.74, 6) is 1.09. The summed E-state index contributed by atoms with van der Waals surface area (Å²) in [6, 6.07) is 6.47. The van der Waals surface area contributed by atoms with Crippen LogP contribution >= 0.6 is 0 Å². The Bertz CT molecular complexity index is 502. The van der Waals surface area contributed by atoms with Gasteiger partial charge in [0.1, 0.15) is 5.75 Å². The SMILES string of the molecule is CCC1CCCCN1C(=O)CCNc1cc(C)ccc1OC. The van der Waals surface area contributed by atoms with Crippen molar-refractivity contribution >= 4 is 11.6 Å². The van der Waals surface area contributed by atoms with Crippen molar-refractivity contribution < 1.29 is 9.53 Å². The van der Waals surface area contributed by atoms with Crippen LogP contribution in [0.4, 0.5) is 5.69 Å². The van der Waals surface area contributed by atoms with Crippen molar-refractivity contribution in [2.75, 3.05) is 25.5 Å². The molecule has 1 N–H and O–H groups in total. The summed E-state index contributed by atoms with van der Waals surface area (Å²) in [5.41, 5.74) is 2.14. The van der Waals surface area contributed by atoms with Crippen molar-refractivity contribution in [3.63, 3.8) is 0 Å². The highest BCUT2D eigenvalue weighted by Crippen LogP contribution is 2.25. The zero-order valence-electron chi connectivity index (χ0n) is 14.0. The lowest BCUT2D eigenvalue weighted by Gasteiger charge is -2.35. The van der Waals surface area contributed by atoms with E-state index in [4.69, 9.17) is 4.74 Å². The highest BCUT2D eigenvalue weighted by atomic mass is 16.5. The molecule has 1 saturated heterocycles. The van der Waals surface area contributed by atoms with Gasteiger partial charge in [0.15, 0.2) is 0 Å². The number of benzene rings is 1. The minimum absolute atomic E-state index is 0.269. The summed E-state index contributed by atoms with van der Waals surface area (Å²) in [7, 11) is 1.67. The second kappa shape index (κ2) is 8.06. The van der Waals surface area contributed by atoms with Crippen LogP contribution in [0.2, 0.25) is 0 Å². The number of methoxy groups -OCH3 is 1. The average Bonchev–Trinajstić information content (AvgIpc) is 2.55. The summed E-state index contributed by atoms with van der Waals surface area (Å²) in [6.07, 6.45) is 5.14. The standard InChI is InChI=1S/C18H28N2O2/c1-4-15-7-5-6-12-20(15)18(21)10-11-19-16-13-14(2)8-9-17(16)22-3/h8-9,13,15,19H,4-7,10-12H2,1-3H3. The second-order valence-electron chi connectivity index (χ2n) is 6.03. The van der Waals surface area contributed by atoms with Gasteiger partial charge in [-0.2, -0.15) is 0 Å². The van der Waals surface area contributed by atoms with E-state index in [0.29, 0.717) is 19.0 Å². The molecule has 4 nitrogen and oxygen atoms in total. The Hall–Kier alpha value is -1.71. The van der Waals surface area contributed by atoms with Gasteiger partial charge in [0.05, 0.1) is 12.8 Å². The van der Waals surface area contributed by atoms with Gasteiger partial charge < -0.3 is 15.0 Å². The molecule has 2 rings (SSSR count). The Morgan fingerprint density at radius 3 is 2.95 bits per heavy atom. The Morgan fingerprint density at radius 2 is 2.23 bits per heavy atom. The minimum Gasteiger partial charge on any atom is -0.495 e. The normalized spacial score (nSPS) is 18.1. The van der Waals surface area contributed by atoms with Gasteiger partial charge in [-0.25, -0.2) is 0 Å². The molecule has 1 aromatic carbocycles. The van der Waals surface area contributed by atoms with Crippen LogP contribution in [0.5, 0.6) is 5.75 Å². The van der Waals surface area contributed by atoms with Crippen molar-refractivity contribution in [2.45, 2.75) is 52.0 Å². The van der Waals surface area contributed by atoms with Crippen LogP contribution in [0.15, 0.2) is 18.2 Å². The summed E-state index contributed by atoms with van der Waals surface area (Å²) in [5, 5.41) is 3.34. The van der Waals surface area contributed by atoms with Gasteiger partial charge in [-0.15, -0.1) is 0 Å². The minimum atomic E-state index is 0.269. The number of carbonyl (C=O) groups is 1. The molecule has 0 saturated carbocycles. The van der Waals surface area contributed by atoms with Gasteiger partial charge >= 0.3 is 0 Å². The lowest BCUT2D eigenvalue weighted by atomic mass is 9.99. The summed E-state index contributed by atoms with van der Waals surface area (Å²) in [6.45, 7) is 5.79. The number of rotatable bonds is 6. The average molecular weight is 304 g/mol. The van der Waals surface area contributed by atoms with Crippen LogP contribution in [0, 0.1) is 6.92 Å². The van der Waals surface area contributed by atoms with Crippen LogP contribution in [-0.4, -0.2) is 37.0 Å². The van der Waals surface area contributed by atoms with Crippen molar-refractivity contribution in [3.05, 3.63) is 23.8 Å². The van der Waals surface area contributed by atoms with Gasteiger partial charge in [-0.05, 0) is 50.3 Å². The molecule has 0 aliphatic carbocycles. The molecule has 1 atom stereocenters. The van der Waals surface area contributed by atoms with Crippen LogP contribution in [0.3, 0.4) is 0 Å². The Morgan fingerprint density at radius 1 is 1.41 bits per heavy atom. The molecular weight excluding hydrogens is 276 g/mol. The van der Waals surface area contributed by atoms with Gasteiger partial charge in [-0.3, -0.25) is 4.79 Å². The molecule has 122 valence electrons. The van der Waals surface area contributed by atoms with E-state index in [1.807, 2.05) is 12.1 Å². The predicted octanol–water partition coefficient (Wildman–Crippen LogP) is 3.60. The number of likely N-dealkylation sites (tertiary alicyclic amines) is 1. The molecule has 0 radical (unpaired) electrons. The second-order valence-corrected chi connectivity index (χ2v) is 6.03. The number of amides is 1. The lowest BCUT2D eigenvalue weighted by molar-refractivity contribution is -0.134. The maximum atomic E-state index is 12.4. The van der Waals surface area contributed by atoms with Crippen LogP contribution < -0.4 is 10.1 Å². The van der Waals surface area contributed by atoms with Crippen molar-refractivity contribution in [1.82, 2.24) is 4.90 Å². The first kappa shape index (κ1) is 16.7. The molecule has 22 heavy (non-hydrogen) atoms. The monoisotopic (exact) mass is 304 g/mol. The third-order valence-electron chi connectivity index (χ3n) is 4.43. The number of nitrogens with zero attached hydrogens (tertiary/aromatic N) is 1. The zero-order chi connectivity index (χ0) is 15.9. The molecule has 0 spiro atoms. The molecule has 0 bridgehead atoms. The number of anilines is 1. The van der Waals surface area contributed by atoms with Crippen molar-refractivity contribution in [3.8, 4) is 5.75 Å². The molecule has 0 aromatic heterocycles. The maximum absolute atomic E-state index is 12.4. The number of ether oxygens (including phenoxy) is 1. The van der Waals surface area contributed by atoms with Gasteiger partial charge in [0.2, 0.25) is 5.91 Å². The predicted molar refractivity (Wildman–Crippen MR) is 90.5 cm³/mol. The van der Waals surface area contributed by atoms with Crippen LogP contribution in [0.25, 0.3) is 0 Å². The zero-order valence-corrected chi connectivity index (χ0v) is 14.0. The first-order valence-electron chi connectivity index (χ1n) is 8.33. The van der Waals surface area contributed by atoms with Crippen LogP contribution in [-0.2, 0) is 4.79 Å². The summed E-state index contributed by atoms with van der Waals surface area (Å²) >= 11 is 0. The number of carbonyl (C=O) groups excluding carboxylic acids is 1. The first-order valence-corrected chi connectivity index (χ1v) is 8.33. The van der Waals surface area contributed by atoms with E-state index < -0.39 is 0 Å². The Balaban J connectivity index is 1.87. The quantitative estimate of drug-likeness (QED) is 0.873. The van der Waals surface area contributed by atoms with E-state index in [1.165, 1.54) is 12.0 Å². The number of nitrogens with one attached hydrogen (secondary N) is 1. The topological polar surface area (TPSA) is 41.6 Å². The molecule has 1 unspecified atom stereocenters. The first-order chi connectivity index (χ1) is 10.7. The van der Waals surface area contributed by atoms with Crippen molar-refractivity contribution in [1.29, 1.82) is 0 Å². The molecule has 1 aromatic rings. The van der Waals surface area contributed by atoms with E-state index in [-0.39, 0.29) is 5.91 Å². The Labute approximate surface area is 133 Å². The number of aryl methyl sites for hydroxylation is 1. The number of piperidine rings is 1. The smallest absolute Gasteiger partial charge is 0.224 e. The molecule has 1 aliphatic heterocycles. The fourth-order valence-corrected chi connectivity index (χ4v) is 3.16. The largest absolute Gasteiger partial charge is 0.495 e. The fraction of sp³-hybridized carbons (Fsp3) is 0.611. The van der Waals surface area contributed by atoms with Crippen LogP contribution in [0.1, 0.15) is 44.6 Å². The van der Waals surface area contributed by atoms with E-state index in [1.54, 1.807) is 7.11 Å². The maximum Gasteiger partial charge on any atom is 0.224 e. The summed E-state index contributed by atoms with van der Waals surface area (Å²) in [4.78, 5) is 14.5. The molecular formula is C18H28N2O2. The van der Waals surface area contributed by atoms with Crippen molar-refractivity contribution in [2.24, 2.45) is 0 Å². The fourth-order valence-electron chi connectivity index (χ4n) is 3.16. The Kier molecular flexibility index (Phi) is 6.10. The number of hydrogen-bond acceptors (Lipinski definition) is 3. The van der Waals surface area contributed by atoms with E-state index >= 15 is 0 Å². The third kappa shape index (κ3) is 4.15. The highest BCUT2D eigenvalue weighted by molar-refractivity contribution is 5.77. The molecule has 1 aliphatic rings. The molecule has 1 amide bonds. The van der Waals surface area contributed by atoms with E-state index in [0.717, 1.165) is 37.2 Å². The summed E-state index contributed by atoms with van der Waals surface area (Å²) < 4.78 is 5.35. The van der Waals surface area contributed by atoms with E-state index in [9.17, 15) is 4.79 Å². The lowest BCUT2D eigenvalue weighted by Crippen LogP contribution is -2.43.